The van der Waals surface area contributed by atoms with Gasteiger partial charge in [-0.05, 0) is 29.7 Å². The summed E-state index contributed by atoms with van der Waals surface area (Å²) in [5.41, 5.74) is 1.57. The van der Waals surface area contributed by atoms with Crippen LogP contribution in [0.15, 0.2) is 58.3 Å². The Labute approximate surface area is 198 Å². The van der Waals surface area contributed by atoms with Crippen molar-refractivity contribution in [2.75, 3.05) is 50.0 Å². The van der Waals surface area contributed by atoms with Gasteiger partial charge in [0.05, 0.1) is 29.5 Å². The van der Waals surface area contributed by atoms with Crippen LogP contribution in [0.2, 0.25) is 0 Å². The molecule has 0 aromatic heterocycles. The summed E-state index contributed by atoms with van der Waals surface area (Å²) in [5, 5.41) is 2.90. The number of nitrogens with zero attached hydrogens (tertiary/aromatic N) is 2. The smallest absolute Gasteiger partial charge is 0.243 e. The summed E-state index contributed by atoms with van der Waals surface area (Å²) in [7, 11) is -3.71. The maximum absolute atomic E-state index is 13.1. The van der Waals surface area contributed by atoms with Gasteiger partial charge in [-0.3, -0.25) is 9.59 Å². The highest BCUT2D eigenvalue weighted by molar-refractivity contribution is 8.00. The van der Waals surface area contributed by atoms with Gasteiger partial charge in [-0.15, -0.1) is 11.8 Å². The Bertz CT molecular complexity index is 1120. The van der Waals surface area contributed by atoms with Gasteiger partial charge in [-0.2, -0.15) is 4.31 Å². The number of thioether (sulfide) groups is 1. The third-order valence-electron chi connectivity index (χ3n) is 5.76. The summed E-state index contributed by atoms with van der Waals surface area (Å²) in [6, 6.07) is 14.6. The molecule has 1 fully saturated rings. The van der Waals surface area contributed by atoms with E-state index < -0.39 is 10.0 Å². The number of carbonyl (C=O) groups excluding carboxylic acids is 2. The topological polar surface area (TPSA) is 96.0 Å². The number of ether oxygens (including phenoxy) is 1. The van der Waals surface area contributed by atoms with Crippen LogP contribution >= 0.6 is 11.8 Å². The van der Waals surface area contributed by atoms with Crippen LogP contribution in [0.3, 0.4) is 0 Å². The largest absolute Gasteiger partial charge is 0.379 e. The monoisotopic (exact) mass is 489 g/mol. The third-order valence-corrected chi connectivity index (χ3v) is 8.70. The first kappa shape index (κ1) is 23.7. The molecule has 4 rings (SSSR count). The molecular formula is C23H27N3O5S2. The second kappa shape index (κ2) is 10.3. The van der Waals surface area contributed by atoms with Crippen molar-refractivity contribution < 1.29 is 22.7 Å². The Morgan fingerprint density at radius 1 is 1.15 bits per heavy atom. The van der Waals surface area contributed by atoms with Crippen LogP contribution in [0.4, 0.5) is 5.69 Å². The number of hydrogen-bond acceptors (Lipinski definition) is 6. The first-order valence-corrected chi connectivity index (χ1v) is 13.3. The third kappa shape index (κ3) is 5.40. The fraction of sp³-hybridized carbons (Fsp3) is 0.391. The van der Waals surface area contributed by atoms with Crippen LogP contribution in [0.1, 0.15) is 18.4 Å². The van der Waals surface area contributed by atoms with Gasteiger partial charge in [-0.25, -0.2) is 8.42 Å². The predicted octanol–water partition coefficient (Wildman–Crippen LogP) is 2.07. The van der Waals surface area contributed by atoms with E-state index in [1.54, 1.807) is 12.1 Å². The predicted molar refractivity (Wildman–Crippen MR) is 127 cm³/mol. The fourth-order valence-electron chi connectivity index (χ4n) is 3.82. The molecule has 2 aromatic rings. The van der Waals surface area contributed by atoms with Gasteiger partial charge >= 0.3 is 0 Å². The van der Waals surface area contributed by atoms with Gasteiger partial charge in [-0.1, -0.05) is 37.3 Å². The van der Waals surface area contributed by atoms with Crippen LogP contribution in [-0.2, 0) is 24.3 Å². The number of hydrogen-bond donors (Lipinski definition) is 1. The molecule has 1 unspecified atom stereocenters. The summed E-state index contributed by atoms with van der Waals surface area (Å²) in [4.78, 5) is 27.6. The maximum atomic E-state index is 13.1. The van der Waals surface area contributed by atoms with Crippen molar-refractivity contribution in [2.24, 2.45) is 0 Å². The minimum absolute atomic E-state index is 0.113. The van der Waals surface area contributed by atoms with E-state index in [0.717, 1.165) is 10.5 Å². The Morgan fingerprint density at radius 2 is 1.88 bits per heavy atom. The van der Waals surface area contributed by atoms with E-state index in [4.69, 9.17) is 4.74 Å². The summed E-state index contributed by atoms with van der Waals surface area (Å²) in [6.07, 6.45) is 0. The molecule has 176 valence electrons. The SMILES string of the molecule is CC(CNC(=O)CN1C(=O)CSc2ccc(S(=O)(=O)N3CCOCC3)cc21)c1ccccc1. The molecule has 2 aliphatic rings. The lowest BCUT2D eigenvalue weighted by molar-refractivity contribution is -0.123. The summed E-state index contributed by atoms with van der Waals surface area (Å²) < 4.78 is 32.8. The summed E-state index contributed by atoms with van der Waals surface area (Å²) in [5.74, 6) is -0.179. The Hall–Kier alpha value is -2.40. The molecule has 1 saturated heterocycles. The van der Waals surface area contributed by atoms with Gasteiger partial charge in [0.1, 0.15) is 6.54 Å². The lowest BCUT2D eigenvalue weighted by atomic mass is 10.0. The molecule has 0 spiro atoms. The molecule has 1 atom stereocenters. The van der Waals surface area contributed by atoms with Crippen molar-refractivity contribution in [1.29, 1.82) is 0 Å². The van der Waals surface area contributed by atoms with Gasteiger partial charge < -0.3 is 15.0 Å². The van der Waals surface area contributed by atoms with Gasteiger partial charge in [0, 0.05) is 24.5 Å². The summed E-state index contributed by atoms with van der Waals surface area (Å²) in [6.45, 7) is 3.60. The number of morpholine rings is 1. The van der Waals surface area contributed by atoms with E-state index in [0.29, 0.717) is 38.5 Å². The Balaban J connectivity index is 1.49. The minimum atomic E-state index is -3.71. The average Bonchev–Trinajstić information content (AvgIpc) is 2.85. The highest BCUT2D eigenvalue weighted by atomic mass is 32.2. The molecule has 0 radical (unpaired) electrons. The number of nitrogens with one attached hydrogen (secondary N) is 1. The van der Waals surface area contributed by atoms with E-state index in [1.165, 1.54) is 27.0 Å². The zero-order valence-electron chi connectivity index (χ0n) is 18.4. The molecule has 0 bridgehead atoms. The van der Waals surface area contributed by atoms with Crippen molar-refractivity contribution in [3.05, 3.63) is 54.1 Å². The maximum Gasteiger partial charge on any atom is 0.243 e. The van der Waals surface area contributed by atoms with Crippen molar-refractivity contribution in [3.63, 3.8) is 0 Å². The van der Waals surface area contributed by atoms with Crippen LogP contribution < -0.4 is 10.2 Å². The second-order valence-corrected chi connectivity index (χ2v) is 11.0. The molecule has 2 aliphatic heterocycles. The van der Waals surface area contributed by atoms with E-state index in [-0.39, 0.29) is 34.9 Å². The zero-order valence-corrected chi connectivity index (χ0v) is 20.0. The zero-order chi connectivity index (χ0) is 23.4. The summed E-state index contributed by atoms with van der Waals surface area (Å²) >= 11 is 1.35. The fourth-order valence-corrected chi connectivity index (χ4v) is 6.16. The van der Waals surface area contributed by atoms with Gasteiger partial charge in [0.25, 0.3) is 0 Å². The van der Waals surface area contributed by atoms with Gasteiger partial charge in [0.2, 0.25) is 21.8 Å². The van der Waals surface area contributed by atoms with Crippen molar-refractivity contribution in [1.82, 2.24) is 9.62 Å². The second-order valence-electron chi connectivity index (χ2n) is 8.03. The number of benzene rings is 2. The van der Waals surface area contributed by atoms with Crippen LogP contribution in [0, 0.1) is 0 Å². The molecule has 8 nitrogen and oxygen atoms in total. The molecule has 1 N–H and O–H groups in total. The number of fused-ring (bicyclic) bond motifs is 1. The first-order chi connectivity index (χ1) is 15.9. The lowest BCUT2D eigenvalue weighted by Gasteiger charge is -2.30. The molecule has 33 heavy (non-hydrogen) atoms. The number of carbonyl (C=O) groups is 2. The van der Waals surface area contributed by atoms with E-state index >= 15 is 0 Å². The van der Waals surface area contributed by atoms with Crippen LogP contribution in [0.25, 0.3) is 0 Å². The number of sulfonamides is 1. The quantitative estimate of drug-likeness (QED) is 0.640. The molecule has 2 aromatic carbocycles. The van der Waals surface area contributed by atoms with E-state index in [2.05, 4.69) is 5.32 Å². The molecular weight excluding hydrogens is 462 g/mol. The molecule has 0 saturated carbocycles. The number of anilines is 1. The first-order valence-electron chi connectivity index (χ1n) is 10.8. The Morgan fingerprint density at radius 3 is 2.61 bits per heavy atom. The van der Waals surface area contributed by atoms with Crippen LogP contribution in [0.5, 0.6) is 0 Å². The molecule has 10 heteroatoms. The number of rotatable bonds is 7. The van der Waals surface area contributed by atoms with Gasteiger partial charge in [0.15, 0.2) is 0 Å². The standard InChI is InChI=1S/C23H27N3O5S2/c1-17(18-5-3-2-4-6-18)14-24-22(27)15-26-20-13-19(7-8-21(20)32-16-23(26)28)33(29,30)25-9-11-31-12-10-25/h2-8,13,17H,9-12,14-16H2,1H3,(H,24,27). The highest BCUT2D eigenvalue weighted by Crippen LogP contribution is 2.37. The van der Waals surface area contributed by atoms with E-state index in [9.17, 15) is 18.0 Å². The minimum Gasteiger partial charge on any atom is -0.379 e. The van der Waals surface area contributed by atoms with Crippen molar-refractivity contribution in [3.8, 4) is 0 Å². The molecule has 0 aliphatic carbocycles. The molecule has 2 amide bonds. The highest BCUT2D eigenvalue weighted by Gasteiger charge is 2.31. The average molecular weight is 490 g/mol. The lowest BCUT2D eigenvalue weighted by Crippen LogP contribution is -2.44. The van der Waals surface area contributed by atoms with Crippen molar-refractivity contribution >= 4 is 39.3 Å². The van der Waals surface area contributed by atoms with E-state index in [1.807, 2.05) is 37.3 Å². The Kier molecular flexibility index (Phi) is 7.38. The molecule has 2 heterocycles. The normalized spacial score (nSPS) is 18.0. The van der Waals surface area contributed by atoms with Crippen molar-refractivity contribution in [2.45, 2.75) is 22.6 Å². The number of amides is 2. The van der Waals surface area contributed by atoms with Crippen LogP contribution in [-0.4, -0.2) is 69.7 Å².